The Morgan fingerprint density at radius 1 is 1.00 bits per heavy atom. The smallest absolute Gasteiger partial charge is 0.124 e. The first-order valence-electron chi connectivity index (χ1n) is 3.94. The molecule has 0 fully saturated rings. The first kappa shape index (κ1) is 10.9. The largest absolute Gasteiger partial charge is 0.303 e. The van der Waals surface area contributed by atoms with Gasteiger partial charge >= 0.3 is 0 Å². The topological polar surface area (TPSA) is 58.9 Å². The highest BCUT2D eigenvalue weighted by Gasteiger charge is 1.98. The number of azo groups is 1. The van der Waals surface area contributed by atoms with Gasteiger partial charge in [-0.2, -0.15) is 10.2 Å². The van der Waals surface area contributed by atoms with Gasteiger partial charge in [-0.3, -0.25) is 0 Å². The van der Waals surface area contributed by atoms with E-state index < -0.39 is 0 Å². The lowest BCUT2D eigenvalue weighted by atomic mass is 10.2. The van der Waals surface area contributed by atoms with Crippen molar-refractivity contribution >= 4 is 12.6 Å². The average molecular weight is 170 g/mol. The van der Waals surface area contributed by atoms with Gasteiger partial charge < -0.3 is 9.59 Å². The first-order chi connectivity index (χ1) is 5.70. The summed E-state index contributed by atoms with van der Waals surface area (Å²) in [7, 11) is 0. The normalized spacial score (nSPS) is 15.8. The van der Waals surface area contributed by atoms with Gasteiger partial charge in [0.1, 0.15) is 12.6 Å². The molecule has 2 atom stereocenters. The summed E-state index contributed by atoms with van der Waals surface area (Å²) in [6.45, 7) is 4.37. The molecule has 4 nitrogen and oxygen atoms in total. The Kier molecular flexibility index (Phi) is 6.05. The van der Waals surface area contributed by atoms with Crippen LogP contribution in [-0.4, -0.2) is 25.7 Å². The molecule has 68 valence electrons. The van der Waals surface area contributed by atoms with Crippen LogP contribution in [0.3, 0.4) is 0 Å². The molecule has 0 amide bonds. The van der Waals surface area contributed by atoms with Crippen molar-refractivity contribution in [1.82, 2.24) is 0 Å². The van der Waals surface area contributed by atoms with Crippen molar-refractivity contribution in [2.24, 2.45) is 22.1 Å². The molecule has 0 bridgehead atoms. The monoisotopic (exact) mass is 170 g/mol. The molecule has 2 unspecified atom stereocenters. The second-order valence-corrected chi connectivity index (χ2v) is 2.87. The van der Waals surface area contributed by atoms with Crippen molar-refractivity contribution in [3.63, 3.8) is 0 Å². The van der Waals surface area contributed by atoms with E-state index in [9.17, 15) is 9.59 Å². The lowest BCUT2D eigenvalue weighted by Crippen LogP contribution is -2.02. The van der Waals surface area contributed by atoms with Crippen LogP contribution in [0.2, 0.25) is 0 Å². The molecular weight excluding hydrogens is 156 g/mol. The summed E-state index contributed by atoms with van der Waals surface area (Å²) >= 11 is 0. The maximum absolute atomic E-state index is 10.1. The maximum atomic E-state index is 10.1. The van der Waals surface area contributed by atoms with Crippen LogP contribution in [0.4, 0.5) is 0 Å². The van der Waals surface area contributed by atoms with Gasteiger partial charge in [-0.25, -0.2) is 0 Å². The van der Waals surface area contributed by atoms with E-state index in [-0.39, 0.29) is 11.8 Å². The molecule has 4 heteroatoms. The Bertz CT molecular complexity index is 150. The zero-order chi connectivity index (χ0) is 9.40. The van der Waals surface area contributed by atoms with Gasteiger partial charge in [-0.05, 0) is 0 Å². The average Bonchev–Trinajstić information content (AvgIpc) is 2.11. The summed E-state index contributed by atoms with van der Waals surface area (Å²) in [5.74, 6) is -0.166. The van der Waals surface area contributed by atoms with Gasteiger partial charge in [-0.1, -0.05) is 13.8 Å². The van der Waals surface area contributed by atoms with E-state index in [1.807, 2.05) is 0 Å². The van der Waals surface area contributed by atoms with E-state index in [1.165, 1.54) is 0 Å². The molecule has 0 aliphatic heterocycles. The van der Waals surface area contributed by atoms with Crippen molar-refractivity contribution in [2.75, 3.05) is 13.1 Å². The Balaban J connectivity index is 3.49. The van der Waals surface area contributed by atoms with Crippen molar-refractivity contribution in [3.8, 4) is 0 Å². The minimum absolute atomic E-state index is 0.0831. The van der Waals surface area contributed by atoms with E-state index in [4.69, 9.17) is 0 Å². The molecule has 0 aliphatic rings. The second kappa shape index (κ2) is 6.64. The van der Waals surface area contributed by atoms with E-state index in [0.29, 0.717) is 13.1 Å². The molecule has 0 N–H and O–H groups in total. The van der Waals surface area contributed by atoms with E-state index in [1.54, 1.807) is 13.8 Å². The number of hydrogen-bond donors (Lipinski definition) is 0. The summed E-state index contributed by atoms with van der Waals surface area (Å²) in [4.78, 5) is 20.3. The summed E-state index contributed by atoms with van der Waals surface area (Å²) in [6.07, 6.45) is 1.67. The Hall–Kier alpha value is -1.06. The van der Waals surface area contributed by atoms with Gasteiger partial charge in [0.15, 0.2) is 0 Å². The standard InChI is InChI=1S/C8H14N2O2/c1-7(5-11)3-9-10-4-8(2)6-12/h5-8H,3-4H2,1-2H3. The quantitative estimate of drug-likeness (QED) is 0.443. The molecule has 0 radical (unpaired) electrons. The third-order valence-electron chi connectivity index (χ3n) is 1.30. The second-order valence-electron chi connectivity index (χ2n) is 2.87. The number of carbonyl (C=O) groups is 2. The van der Waals surface area contributed by atoms with Crippen molar-refractivity contribution in [1.29, 1.82) is 0 Å². The number of hydrogen-bond acceptors (Lipinski definition) is 4. The maximum Gasteiger partial charge on any atom is 0.124 e. The molecule has 0 heterocycles. The minimum atomic E-state index is -0.0831. The fourth-order valence-corrected chi connectivity index (χ4v) is 0.459. The zero-order valence-electron chi connectivity index (χ0n) is 7.43. The van der Waals surface area contributed by atoms with Crippen LogP contribution in [-0.2, 0) is 9.59 Å². The van der Waals surface area contributed by atoms with Crippen LogP contribution >= 0.6 is 0 Å². The molecule has 0 spiro atoms. The molecular formula is C8H14N2O2. The lowest BCUT2D eigenvalue weighted by molar-refractivity contribution is -0.111. The summed E-state index contributed by atoms with van der Waals surface area (Å²) in [6, 6.07) is 0. The summed E-state index contributed by atoms with van der Waals surface area (Å²) < 4.78 is 0. The van der Waals surface area contributed by atoms with Gasteiger partial charge in [0.25, 0.3) is 0 Å². The van der Waals surface area contributed by atoms with E-state index >= 15 is 0 Å². The Morgan fingerprint density at radius 2 is 1.33 bits per heavy atom. The lowest BCUT2D eigenvalue weighted by Gasteiger charge is -1.96. The van der Waals surface area contributed by atoms with Crippen LogP contribution in [0.25, 0.3) is 0 Å². The van der Waals surface area contributed by atoms with E-state index in [0.717, 1.165) is 12.6 Å². The molecule has 12 heavy (non-hydrogen) atoms. The highest BCUT2D eigenvalue weighted by atomic mass is 16.1. The first-order valence-corrected chi connectivity index (χ1v) is 3.94. The van der Waals surface area contributed by atoms with Crippen LogP contribution in [0.1, 0.15) is 13.8 Å². The predicted molar refractivity (Wildman–Crippen MR) is 45.0 cm³/mol. The van der Waals surface area contributed by atoms with Crippen LogP contribution in [0, 0.1) is 11.8 Å². The predicted octanol–water partition coefficient (Wildman–Crippen LogP) is 1.11. The molecule has 0 aliphatic carbocycles. The number of carbonyl (C=O) groups excluding carboxylic acids is 2. The molecule has 0 rings (SSSR count). The number of nitrogens with zero attached hydrogens (tertiary/aromatic N) is 2. The number of aldehydes is 2. The highest BCUT2D eigenvalue weighted by Crippen LogP contribution is 1.93. The third-order valence-corrected chi connectivity index (χ3v) is 1.30. The van der Waals surface area contributed by atoms with Crippen LogP contribution < -0.4 is 0 Å². The fraction of sp³-hybridized carbons (Fsp3) is 0.750. The van der Waals surface area contributed by atoms with Crippen molar-refractivity contribution in [3.05, 3.63) is 0 Å². The van der Waals surface area contributed by atoms with Gasteiger partial charge in [-0.15, -0.1) is 0 Å². The van der Waals surface area contributed by atoms with Crippen molar-refractivity contribution in [2.45, 2.75) is 13.8 Å². The van der Waals surface area contributed by atoms with E-state index in [2.05, 4.69) is 10.2 Å². The summed E-state index contributed by atoms with van der Waals surface area (Å²) in [5, 5.41) is 7.53. The fourth-order valence-electron chi connectivity index (χ4n) is 0.459. The van der Waals surface area contributed by atoms with Gasteiger partial charge in [0.2, 0.25) is 0 Å². The summed E-state index contributed by atoms with van der Waals surface area (Å²) in [5.41, 5.74) is 0. The Morgan fingerprint density at radius 3 is 1.58 bits per heavy atom. The molecule has 0 saturated heterocycles. The Labute approximate surface area is 72.1 Å². The van der Waals surface area contributed by atoms with Crippen LogP contribution in [0.5, 0.6) is 0 Å². The molecule has 0 saturated carbocycles. The molecule has 0 aromatic carbocycles. The van der Waals surface area contributed by atoms with Gasteiger partial charge in [0, 0.05) is 11.8 Å². The number of rotatable bonds is 6. The molecule has 0 aromatic heterocycles. The zero-order valence-corrected chi connectivity index (χ0v) is 7.43. The highest BCUT2D eigenvalue weighted by molar-refractivity contribution is 5.53. The third kappa shape index (κ3) is 5.70. The van der Waals surface area contributed by atoms with Gasteiger partial charge in [0.05, 0.1) is 13.1 Å². The SMILES string of the molecule is CC(C=O)CN=NCC(C)C=O. The van der Waals surface area contributed by atoms with Crippen molar-refractivity contribution < 1.29 is 9.59 Å². The minimum Gasteiger partial charge on any atom is -0.303 e. The molecule has 0 aromatic rings. The van der Waals surface area contributed by atoms with Crippen LogP contribution in [0.15, 0.2) is 10.2 Å².